The van der Waals surface area contributed by atoms with Crippen LogP contribution in [0.25, 0.3) is 0 Å². The smallest absolute Gasteiger partial charge is 0.329 e. The van der Waals surface area contributed by atoms with E-state index in [1.807, 2.05) is 0 Å². The van der Waals surface area contributed by atoms with Gasteiger partial charge in [0.25, 0.3) is 0 Å². The first kappa shape index (κ1) is 28.1. The van der Waals surface area contributed by atoms with Crippen molar-refractivity contribution in [3.8, 4) is 0 Å². The van der Waals surface area contributed by atoms with Crippen LogP contribution in [0.5, 0.6) is 0 Å². The molecule has 5 heteroatoms. The second kappa shape index (κ2) is 25.1. The quantitative estimate of drug-likeness (QED) is 0.151. The lowest BCUT2D eigenvalue weighted by atomic mass is 10.1. The number of hydrogen-bond acceptors (Lipinski definition) is 4. The van der Waals surface area contributed by atoms with Crippen molar-refractivity contribution in [3.05, 3.63) is 12.2 Å². The summed E-state index contributed by atoms with van der Waals surface area (Å²) < 4.78 is 15.7. The highest BCUT2D eigenvalue weighted by atomic mass is 16.5. The molecule has 0 aromatic rings. The van der Waals surface area contributed by atoms with E-state index in [0.717, 1.165) is 13.0 Å². The van der Waals surface area contributed by atoms with Crippen LogP contribution in [0.1, 0.15) is 96.8 Å². The highest BCUT2D eigenvalue weighted by Crippen LogP contribution is 2.10. The van der Waals surface area contributed by atoms with E-state index in [0.29, 0.717) is 26.4 Å². The Kier molecular flexibility index (Phi) is 24.3. The number of ether oxygens (including phenoxy) is 3. The molecule has 0 unspecified atom stereocenters. The lowest BCUT2D eigenvalue weighted by Gasteiger charge is -2.06. The second-order valence-electron chi connectivity index (χ2n) is 7.61. The lowest BCUT2D eigenvalue weighted by Crippen LogP contribution is -2.13. The minimum absolute atomic E-state index is 0.268. The molecule has 0 aliphatic carbocycles. The van der Waals surface area contributed by atoms with Crippen LogP contribution in [-0.2, 0) is 19.0 Å². The average molecular weight is 415 g/mol. The van der Waals surface area contributed by atoms with Crippen molar-refractivity contribution < 1.29 is 24.1 Å². The predicted octanol–water partition coefficient (Wildman–Crippen LogP) is 6.16. The third-order valence-corrected chi connectivity index (χ3v) is 4.77. The molecule has 29 heavy (non-hydrogen) atoms. The fraction of sp³-hybridized carbons (Fsp3) is 0.875. The van der Waals surface area contributed by atoms with Crippen LogP contribution in [0.15, 0.2) is 12.2 Å². The zero-order chi connectivity index (χ0) is 21.3. The third-order valence-electron chi connectivity index (χ3n) is 4.77. The number of carboxylic acids is 1. The monoisotopic (exact) mass is 414 g/mol. The van der Waals surface area contributed by atoms with Gasteiger partial charge in [0.1, 0.15) is 6.61 Å². The molecule has 0 saturated carbocycles. The van der Waals surface area contributed by atoms with Gasteiger partial charge in [0.05, 0.1) is 26.4 Å². The van der Waals surface area contributed by atoms with Gasteiger partial charge in [-0.05, 0) is 32.1 Å². The maximum absolute atomic E-state index is 10.2. The summed E-state index contributed by atoms with van der Waals surface area (Å²) in [4.78, 5) is 10.2. The van der Waals surface area contributed by atoms with Crippen molar-refractivity contribution in [2.24, 2.45) is 0 Å². The molecule has 0 rings (SSSR count). The molecular formula is C24H46O5. The Balaban J connectivity index is 3.06. The van der Waals surface area contributed by atoms with Gasteiger partial charge in [-0.2, -0.15) is 0 Å². The van der Waals surface area contributed by atoms with E-state index in [2.05, 4.69) is 19.1 Å². The Labute approximate surface area is 179 Å². The van der Waals surface area contributed by atoms with Crippen LogP contribution >= 0.6 is 0 Å². The molecule has 172 valence electrons. The normalized spacial score (nSPS) is 11.5. The molecule has 0 amide bonds. The summed E-state index contributed by atoms with van der Waals surface area (Å²) in [5.41, 5.74) is 0. The fourth-order valence-electron chi connectivity index (χ4n) is 3.05. The predicted molar refractivity (Wildman–Crippen MR) is 120 cm³/mol. The molecule has 0 aromatic carbocycles. The number of hydrogen-bond donors (Lipinski definition) is 1. The van der Waals surface area contributed by atoms with Gasteiger partial charge >= 0.3 is 5.97 Å². The van der Waals surface area contributed by atoms with Crippen molar-refractivity contribution in [1.29, 1.82) is 0 Å². The van der Waals surface area contributed by atoms with Crippen molar-refractivity contribution in [1.82, 2.24) is 0 Å². The molecule has 1 N–H and O–H groups in total. The van der Waals surface area contributed by atoms with E-state index < -0.39 is 5.97 Å². The molecule has 0 aliphatic rings. The molecule has 0 aromatic heterocycles. The molecule has 0 bridgehead atoms. The first-order valence-electron chi connectivity index (χ1n) is 11.9. The van der Waals surface area contributed by atoms with Crippen molar-refractivity contribution in [2.75, 3.05) is 39.6 Å². The Morgan fingerprint density at radius 2 is 1.07 bits per heavy atom. The largest absolute Gasteiger partial charge is 0.480 e. The molecule has 0 saturated heterocycles. The second-order valence-corrected chi connectivity index (χ2v) is 7.61. The molecule has 0 heterocycles. The molecule has 5 nitrogen and oxygen atoms in total. The van der Waals surface area contributed by atoms with Crippen LogP contribution < -0.4 is 0 Å². The zero-order valence-corrected chi connectivity index (χ0v) is 18.9. The number of rotatable bonds is 24. The van der Waals surface area contributed by atoms with Gasteiger partial charge in [-0.3, -0.25) is 0 Å². The Hall–Kier alpha value is -0.910. The third kappa shape index (κ3) is 27.1. The number of aliphatic carboxylic acids is 1. The standard InChI is InChI=1S/C24H46O5/c1-2-3-4-5-6-7-8-9-10-11-12-13-14-15-16-17-18-27-19-20-28-21-22-29-23-24(25)26/h9-10H,2-8,11-23H2,1H3,(H,25,26)/b10-9-. The molecule has 0 atom stereocenters. The average Bonchev–Trinajstić information content (AvgIpc) is 2.71. The van der Waals surface area contributed by atoms with Crippen molar-refractivity contribution in [2.45, 2.75) is 96.8 Å². The van der Waals surface area contributed by atoms with Gasteiger partial charge in [-0.1, -0.05) is 76.9 Å². The van der Waals surface area contributed by atoms with Gasteiger partial charge in [-0.25, -0.2) is 4.79 Å². The van der Waals surface area contributed by atoms with Gasteiger partial charge in [-0.15, -0.1) is 0 Å². The SMILES string of the molecule is CCCCCCCC/C=C\CCCCCCCCOCCOCCOCC(=O)O. The Bertz CT molecular complexity index is 357. The molecular weight excluding hydrogens is 368 g/mol. The van der Waals surface area contributed by atoms with Crippen LogP contribution in [0.3, 0.4) is 0 Å². The van der Waals surface area contributed by atoms with Gasteiger partial charge in [0, 0.05) is 6.61 Å². The van der Waals surface area contributed by atoms with E-state index >= 15 is 0 Å². The minimum Gasteiger partial charge on any atom is -0.480 e. The summed E-state index contributed by atoms with van der Waals surface area (Å²) in [5, 5.41) is 8.40. The highest BCUT2D eigenvalue weighted by Gasteiger charge is 1.96. The molecule has 0 fully saturated rings. The fourth-order valence-corrected chi connectivity index (χ4v) is 3.05. The van der Waals surface area contributed by atoms with Gasteiger partial charge < -0.3 is 19.3 Å². The number of unbranched alkanes of at least 4 members (excludes halogenated alkanes) is 12. The van der Waals surface area contributed by atoms with Crippen molar-refractivity contribution in [3.63, 3.8) is 0 Å². The van der Waals surface area contributed by atoms with Crippen LogP contribution in [0.2, 0.25) is 0 Å². The van der Waals surface area contributed by atoms with E-state index in [9.17, 15) is 4.79 Å². The van der Waals surface area contributed by atoms with Gasteiger partial charge in [0.15, 0.2) is 0 Å². The van der Waals surface area contributed by atoms with Crippen LogP contribution in [0, 0.1) is 0 Å². The van der Waals surface area contributed by atoms with Gasteiger partial charge in [0.2, 0.25) is 0 Å². The topological polar surface area (TPSA) is 65.0 Å². The van der Waals surface area contributed by atoms with Crippen LogP contribution in [0.4, 0.5) is 0 Å². The first-order chi connectivity index (χ1) is 14.3. The summed E-state index contributed by atoms with van der Waals surface area (Å²) in [7, 11) is 0. The number of allylic oxidation sites excluding steroid dienone is 2. The first-order valence-corrected chi connectivity index (χ1v) is 11.9. The summed E-state index contributed by atoms with van der Waals surface area (Å²) >= 11 is 0. The van der Waals surface area contributed by atoms with Crippen LogP contribution in [-0.4, -0.2) is 50.7 Å². The number of carboxylic acid groups (broad SMARTS) is 1. The maximum Gasteiger partial charge on any atom is 0.329 e. The summed E-state index contributed by atoms with van der Waals surface area (Å²) in [6.45, 7) is 4.62. The number of carbonyl (C=O) groups is 1. The minimum atomic E-state index is -0.955. The van der Waals surface area contributed by atoms with E-state index in [4.69, 9.17) is 19.3 Å². The van der Waals surface area contributed by atoms with Crippen molar-refractivity contribution >= 4 is 5.97 Å². The van der Waals surface area contributed by atoms with E-state index in [1.54, 1.807) is 0 Å². The summed E-state index contributed by atoms with van der Waals surface area (Å²) in [5.74, 6) is -0.955. The van der Waals surface area contributed by atoms with E-state index in [-0.39, 0.29) is 6.61 Å². The lowest BCUT2D eigenvalue weighted by molar-refractivity contribution is -0.142. The molecule has 0 spiro atoms. The van der Waals surface area contributed by atoms with E-state index in [1.165, 1.54) is 83.5 Å². The maximum atomic E-state index is 10.2. The molecule has 0 aliphatic heterocycles. The molecule has 0 radical (unpaired) electrons. The Morgan fingerprint density at radius 3 is 1.62 bits per heavy atom. The Morgan fingerprint density at radius 1 is 0.621 bits per heavy atom. The highest BCUT2D eigenvalue weighted by molar-refractivity contribution is 5.67. The zero-order valence-electron chi connectivity index (χ0n) is 18.9. The summed E-state index contributed by atoms with van der Waals surface area (Å²) in [6, 6.07) is 0. The summed E-state index contributed by atoms with van der Waals surface area (Å²) in [6.07, 6.45) is 23.2.